The van der Waals surface area contributed by atoms with Crippen LogP contribution in [0.15, 0.2) is 18.3 Å². The topological polar surface area (TPSA) is 93.5 Å². The second-order valence-electron chi connectivity index (χ2n) is 6.47. The summed E-state index contributed by atoms with van der Waals surface area (Å²) in [6.45, 7) is 6.53. The number of hydrogen-bond donors (Lipinski definition) is 2. The molecule has 0 spiro atoms. The summed E-state index contributed by atoms with van der Waals surface area (Å²) in [5.41, 5.74) is 6.92. The standard InChI is InChI=1S/C15H20N4O3/c1-15(2,3)22-14(20)19-7-10(8-19)21-13-5-12-9(4-11(13)16)6-17-18-12/h4-6,10H,7-8,16H2,1-3H3,(H,17,18). The van der Waals surface area contributed by atoms with Crippen LogP contribution in [0.25, 0.3) is 10.9 Å². The molecule has 0 atom stereocenters. The maximum absolute atomic E-state index is 11.9. The smallest absolute Gasteiger partial charge is 0.410 e. The first-order chi connectivity index (χ1) is 10.3. The molecule has 1 fully saturated rings. The number of rotatable bonds is 2. The molecule has 2 heterocycles. The number of H-pyrrole nitrogens is 1. The molecule has 7 heteroatoms. The molecule has 0 bridgehead atoms. The first-order valence-corrected chi connectivity index (χ1v) is 7.19. The van der Waals surface area contributed by atoms with Crippen LogP contribution in [0, 0.1) is 0 Å². The maximum Gasteiger partial charge on any atom is 0.410 e. The Balaban J connectivity index is 1.59. The predicted molar refractivity (Wildman–Crippen MR) is 82.7 cm³/mol. The van der Waals surface area contributed by atoms with Crippen LogP contribution in [-0.4, -0.2) is 46.0 Å². The molecule has 2 aromatic rings. The number of benzene rings is 1. The molecule has 1 aliphatic rings. The van der Waals surface area contributed by atoms with Crippen molar-refractivity contribution in [3.05, 3.63) is 18.3 Å². The molecule has 3 rings (SSSR count). The molecule has 0 aliphatic carbocycles. The lowest BCUT2D eigenvalue weighted by atomic mass is 10.1. The van der Waals surface area contributed by atoms with Gasteiger partial charge in [0, 0.05) is 11.5 Å². The summed E-state index contributed by atoms with van der Waals surface area (Å²) in [4.78, 5) is 13.5. The second-order valence-corrected chi connectivity index (χ2v) is 6.47. The molecule has 1 saturated heterocycles. The number of nitrogen functional groups attached to an aromatic ring is 1. The van der Waals surface area contributed by atoms with Crippen molar-refractivity contribution in [3.63, 3.8) is 0 Å². The lowest BCUT2D eigenvalue weighted by Crippen LogP contribution is -2.57. The molecule has 7 nitrogen and oxygen atoms in total. The Hall–Kier alpha value is -2.44. The van der Waals surface area contributed by atoms with Gasteiger partial charge in [-0.2, -0.15) is 5.10 Å². The Morgan fingerprint density at radius 1 is 1.41 bits per heavy atom. The molecule has 1 amide bonds. The van der Waals surface area contributed by atoms with E-state index in [1.165, 1.54) is 0 Å². The van der Waals surface area contributed by atoms with Gasteiger partial charge in [-0.1, -0.05) is 0 Å². The first kappa shape index (κ1) is 14.5. The van der Waals surface area contributed by atoms with Crippen LogP contribution in [-0.2, 0) is 4.74 Å². The van der Waals surface area contributed by atoms with Gasteiger partial charge in [0.05, 0.1) is 30.5 Å². The minimum Gasteiger partial charge on any atom is -0.484 e. The van der Waals surface area contributed by atoms with E-state index in [0.717, 1.165) is 10.9 Å². The van der Waals surface area contributed by atoms with Gasteiger partial charge in [-0.05, 0) is 26.8 Å². The van der Waals surface area contributed by atoms with Crippen LogP contribution in [0.5, 0.6) is 5.75 Å². The zero-order valence-corrected chi connectivity index (χ0v) is 12.9. The molecule has 0 radical (unpaired) electrons. The van der Waals surface area contributed by atoms with E-state index in [1.807, 2.05) is 32.9 Å². The van der Waals surface area contributed by atoms with Gasteiger partial charge in [0.2, 0.25) is 0 Å². The fourth-order valence-electron chi connectivity index (χ4n) is 2.26. The number of anilines is 1. The summed E-state index contributed by atoms with van der Waals surface area (Å²) in [6, 6.07) is 3.65. The van der Waals surface area contributed by atoms with E-state index in [4.69, 9.17) is 15.2 Å². The number of carbonyl (C=O) groups excluding carboxylic acids is 1. The molecular formula is C15H20N4O3. The van der Waals surface area contributed by atoms with Crippen molar-refractivity contribution >= 4 is 22.7 Å². The monoisotopic (exact) mass is 304 g/mol. The summed E-state index contributed by atoms with van der Waals surface area (Å²) in [7, 11) is 0. The van der Waals surface area contributed by atoms with Crippen molar-refractivity contribution in [1.29, 1.82) is 0 Å². The Kier molecular flexibility index (Phi) is 3.35. The Labute approximate surface area is 128 Å². The van der Waals surface area contributed by atoms with Gasteiger partial charge in [-0.3, -0.25) is 5.10 Å². The normalized spacial score (nSPS) is 15.7. The predicted octanol–water partition coefficient (Wildman–Crippen LogP) is 2.14. The SMILES string of the molecule is CC(C)(C)OC(=O)N1CC(Oc2cc3[nH]ncc3cc2N)C1. The van der Waals surface area contributed by atoms with Gasteiger partial charge in [0.1, 0.15) is 17.5 Å². The third-order valence-electron chi connectivity index (χ3n) is 3.36. The third-order valence-corrected chi connectivity index (χ3v) is 3.36. The number of fused-ring (bicyclic) bond motifs is 1. The van der Waals surface area contributed by atoms with Gasteiger partial charge < -0.3 is 20.1 Å². The number of aromatic amines is 1. The molecule has 0 unspecified atom stereocenters. The van der Waals surface area contributed by atoms with Crippen molar-refractivity contribution in [1.82, 2.24) is 15.1 Å². The Morgan fingerprint density at radius 2 is 2.14 bits per heavy atom. The fourth-order valence-corrected chi connectivity index (χ4v) is 2.26. The number of nitrogens with one attached hydrogen (secondary N) is 1. The molecular weight excluding hydrogens is 284 g/mol. The number of amides is 1. The van der Waals surface area contributed by atoms with Crippen molar-refractivity contribution in [2.75, 3.05) is 18.8 Å². The van der Waals surface area contributed by atoms with E-state index in [1.54, 1.807) is 11.1 Å². The summed E-state index contributed by atoms with van der Waals surface area (Å²) in [6.07, 6.45) is 1.32. The zero-order chi connectivity index (χ0) is 15.9. The molecule has 1 aromatic heterocycles. The van der Waals surface area contributed by atoms with Crippen molar-refractivity contribution < 1.29 is 14.3 Å². The van der Waals surface area contributed by atoms with Crippen LogP contribution in [0.2, 0.25) is 0 Å². The average molecular weight is 304 g/mol. The maximum atomic E-state index is 11.9. The van der Waals surface area contributed by atoms with Crippen LogP contribution in [0.4, 0.5) is 10.5 Å². The van der Waals surface area contributed by atoms with Crippen LogP contribution in [0.1, 0.15) is 20.8 Å². The van der Waals surface area contributed by atoms with E-state index in [-0.39, 0.29) is 12.2 Å². The summed E-state index contributed by atoms with van der Waals surface area (Å²) in [5, 5.41) is 7.78. The van der Waals surface area contributed by atoms with E-state index in [0.29, 0.717) is 24.5 Å². The number of hydrogen-bond acceptors (Lipinski definition) is 5. The summed E-state index contributed by atoms with van der Waals surface area (Å²) >= 11 is 0. The highest BCUT2D eigenvalue weighted by Gasteiger charge is 2.35. The summed E-state index contributed by atoms with van der Waals surface area (Å²) in [5.74, 6) is 0.602. The molecule has 1 aliphatic heterocycles. The number of likely N-dealkylation sites (tertiary alicyclic amines) is 1. The zero-order valence-electron chi connectivity index (χ0n) is 12.9. The Morgan fingerprint density at radius 3 is 2.82 bits per heavy atom. The minimum atomic E-state index is -0.487. The highest BCUT2D eigenvalue weighted by atomic mass is 16.6. The lowest BCUT2D eigenvalue weighted by molar-refractivity contribution is -0.0219. The molecule has 22 heavy (non-hydrogen) atoms. The highest BCUT2D eigenvalue weighted by molar-refractivity contribution is 5.84. The van der Waals surface area contributed by atoms with Crippen LogP contribution < -0.4 is 10.5 Å². The first-order valence-electron chi connectivity index (χ1n) is 7.19. The molecule has 118 valence electrons. The number of nitrogens with zero attached hydrogens (tertiary/aromatic N) is 2. The minimum absolute atomic E-state index is 0.0739. The third kappa shape index (κ3) is 2.93. The van der Waals surface area contributed by atoms with Gasteiger partial charge >= 0.3 is 6.09 Å². The number of nitrogens with two attached hydrogens (primary N) is 1. The quantitative estimate of drug-likeness (QED) is 0.829. The highest BCUT2D eigenvalue weighted by Crippen LogP contribution is 2.29. The largest absolute Gasteiger partial charge is 0.484 e. The van der Waals surface area contributed by atoms with E-state index in [2.05, 4.69) is 10.2 Å². The van der Waals surface area contributed by atoms with Crippen molar-refractivity contribution in [3.8, 4) is 5.75 Å². The van der Waals surface area contributed by atoms with E-state index in [9.17, 15) is 4.79 Å². The van der Waals surface area contributed by atoms with Crippen LogP contribution in [0.3, 0.4) is 0 Å². The Bertz CT molecular complexity index is 698. The summed E-state index contributed by atoms with van der Waals surface area (Å²) < 4.78 is 11.2. The molecule has 3 N–H and O–H groups in total. The van der Waals surface area contributed by atoms with Crippen molar-refractivity contribution in [2.45, 2.75) is 32.5 Å². The number of ether oxygens (including phenoxy) is 2. The number of aromatic nitrogens is 2. The molecule has 0 saturated carbocycles. The fraction of sp³-hybridized carbons (Fsp3) is 0.467. The van der Waals surface area contributed by atoms with Gasteiger partial charge in [0.15, 0.2) is 0 Å². The molecule has 1 aromatic carbocycles. The number of carbonyl (C=O) groups is 1. The van der Waals surface area contributed by atoms with Gasteiger partial charge in [-0.25, -0.2) is 4.79 Å². The van der Waals surface area contributed by atoms with Gasteiger partial charge in [0.25, 0.3) is 0 Å². The lowest BCUT2D eigenvalue weighted by Gasteiger charge is -2.39. The van der Waals surface area contributed by atoms with E-state index < -0.39 is 5.60 Å². The average Bonchev–Trinajstić information content (AvgIpc) is 2.77. The van der Waals surface area contributed by atoms with Gasteiger partial charge in [-0.15, -0.1) is 0 Å². The van der Waals surface area contributed by atoms with Crippen molar-refractivity contribution in [2.24, 2.45) is 0 Å². The van der Waals surface area contributed by atoms with Crippen LogP contribution >= 0.6 is 0 Å². The second kappa shape index (κ2) is 5.08. The van der Waals surface area contributed by atoms with E-state index >= 15 is 0 Å².